The molecule has 0 bridgehead atoms. The van der Waals surface area contributed by atoms with E-state index in [0.717, 1.165) is 37.7 Å². The molecule has 96 valence electrons. The number of aromatic nitrogens is 1. The molecule has 8 heteroatoms. The van der Waals surface area contributed by atoms with Gasteiger partial charge >= 0.3 is 0 Å². The molecule has 0 saturated carbocycles. The van der Waals surface area contributed by atoms with Crippen LogP contribution in [0.5, 0.6) is 0 Å². The van der Waals surface area contributed by atoms with Crippen molar-refractivity contribution >= 4 is 32.2 Å². The third-order valence-electron chi connectivity index (χ3n) is 2.82. The zero-order chi connectivity index (χ0) is 12.6. The van der Waals surface area contributed by atoms with Gasteiger partial charge in [-0.05, 0) is 18.6 Å². The summed E-state index contributed by atoms with van der Waals surface area (Å²) >= 11 is 1.16. The minimum atomic E-state index is -3.32. The molecule has 0 aromatic carbocycles. The van der Waals surface area contributed by atoms with Gasteiger partial charge in [-0.25, -0.2) is 8.42 Å². The van der Waals surface area contributed by atoms with Crippen LogP contribution in [-0.4, -0.2) is 57.2 Å². The maximum atomic E-state index is 11.7. The lowest BCUT2D eigenvalue weighted by molar-refractivity contribution is 0.313. The van der Waals surface area contributed by atoms with Crippen LogP contribution in [0.4, 0.5) is 10.8 Å². The lowest BCUT2D eigenvalue weighted by Gasteiger charge is -2.33. The summed E-state index contributed by atoms with van der Waals surface area (Å²) in [6.45, 7) is 3.45. The summed E-state index contributed by atoms with van der Waals surface area (Å²) in [7, 11) is -1.26. The van der Waals surface area contributed by atoms with Gasteiger partial charge in [-0.1, -0.05) is 0 Å². The Morgan fingerprint density at radius 2 is 1.88 bits per heavy atom. The zero-order valence-electron chi connectivity index (χ0n) is 9.88. The Hall–Kier alpha value is -0.860. The molecule has 0 atom stereocenters. The third kappa shape index (κ3) is 2.53. The van der Waals surface area contributed by atoms with Crippen molar-refractivity contribution in [2.24, 2.45) is 0 Å². The maximum Gasteiger partial charge on any atom is 0.182 e. The van der Waals surface area contributed by atoms with Crippen LogP contribution in [0.1, 0.15) is 0 Å². The number of anilines is 2. The summed E-state index contributed by atoms with van der Waals surface area (Å²) in [6, 6.07) is 0. The van der Waals surface area contributed by atoms with E-state index < -0.39 is 9.84 Å². The van der Waals surface area contributed by atoms with Crippen LogP contribution in [0.2, 0.25) is 0 Å². The molecular weight excluding hydrogens is 260 g/mol. The lowest BCUT2D eigenvalue weighted by Crippen LogP contribution is -2.44. The first kappa shape index (κ1) is 12.6. The Bertz CT molecular complexity index is 503. The van der Waals surface area contributed by atoms with Gasteiger partial charge in [-0.2, -0.15) is 4.37 Å². The Kier molecular flexibility index (Phi) is 3.28. The van der Waals surface area contributed by atoms with Crippen LogP contribution in [0, 0.1) is 0 Å². The quantitative estimate of drug-likeness (QED) is 0.811. The summed E-state index contributed by atoms with van der Waals surface area (Å²) < 4.78 is 27.3. The number of sulfone groups is 1. The molecule has 1 fully saturated rings. The molecule has 6 nitrogen and oxygen atoms in total. The van der Waals surface area contributed by atoms with Crippen LogP contribution in [-0.2, 0) is 9.84 Å². The Morgan fingerprint density at radius 1 is 1.29 bits per heavy atom. The number of rotatable bonds is 2. The fourth-order valence-corrected chi connectivity index (χ4v) is 4.10. The first-order valence-corrected chi connectivity index (χ1v) is 7.95. The van der Waals surface area contributed by atoms with Gasteiger partial charge in [0.2, 0.25) is 0 Å². The molecule has 0 aliphatic carbocycles. The first-order chi connectivity index (χ1) is 7.89. The standard InChI is InChI=1S/C9H16N4O2S2/c1-12-3-5-13(6-4-12)9-7(17(2,14)15)8(10)11-16-9/h3-6H2,1-2H3,(H2,10,11). The molecule has 1 aliphatic heterocycles. The second kappa shape index (κ2) is 4.43. The van der Waals surface area contributed by atoms with E-state index >= 15 is 0 Å². The number of likely N-dealkylation sites (N-methyl/N-ethyl adjacent to an activating group) is 1. The van der Waals surface area contributed by atoms with Crippen LogP contribution in [0.15, 0.2) is 4.90 Å². The molecule has 2 rings (SSSR count). The minimum absolute atomic E-state index is 0.117. The van der Waals surface area contributed by atoms with Gasteiger partial charge in [0.15, 0.2) is 15.7 Å². The van der Waals surface area contributed by atoms with Gasteiger partial charge in [0.05, 0.1) is 0 Å². The number of piperazine rings is 1. The van der Waals surface area contributed by atoms with Crippen molar-refractivity contribution in [1.29, 1.82) is 0 Å². The van der Waals surface area contributed by atoms with Crippen molar-refractivity contribution in [1.82, 2.24) is 9.27 Å². The fourth-order valence-electron chi connectivity index (χ4n) is 1.84. The molecule has 0 radical (unpaired) electrons. The summed E-state index contributed by atoms with van der Waals surface area (Å²) in [4.78, 5) is 4.44. The second-order valence-corrected chi connectivity index (χ2v) is 6.97. The molecule has 1 aromatic heterocycles. The highest BCUT2D eigenvalue weighted by Crippen LogP contribution is 2.34. The molecule has 1 saturated heterocycles. The number of nitrogen functional groups attached to an aromatic ring is 1. The van der Waals surface area contributed by atoms with Gasteiger partial charge in [0, 0.05) is 32.4 Å². The fraction of sp³-hybridized carbons (Fsp3) is 0.667. The predicted octanol–water partition coefficient (Wildman–Crippen LogP) is -0.119. The van der Waals surface area contributed by atoms with Crippen molar-refractivity contribution < 1.29 is 8.42 Å². The first-order valence-electron chi connectivity index (χ1n) is 5.28. The SMILES string of the molecule is CN1CCN(c2snc(N)c2S(C)(=O)=O)CC1. The van der Waals surface area contributed by atoms with Crippen LogP contribution < -0.4 is 10.6 Å². The molecule has 0 amide bonds. The molecule has 2 heterocycles. The third-order valence-corrected chi connectivity index (χ3v) is 5.02. The highest BCUT2D eigenvalue weighted by Gasteiger charge is 2.26. The van der Waals surface area contributed by atoms with Crippen LogP contribution >= 0.6 is 11.5 Å². The normalized spacial score (nSPS) is 18.6. The van der Waals surface area contributed by atoms with Gasteiger partial charge in [-0.15, -0.1) is 0 Å². The Balaban J connectivity index is 2.34. The zero-order valence-corrected chi connectivity index (χ0v) is 11.5. The maximum absolute atomic E-state index is 11.7. The monoisotopic (exact) mass is 276 g/mol. The minimum Gasteiger partial charge on any atom is -0.382 e. The smallest absolute Gasteiger partial charge is 0.182 e. The molecule has 0 unspecified atom stereocenters. The molecule has 1 aromatic rings. The van der Waals surface area contributed by atoms with Crippen molar-refractivity contribution in [3.8, 4) is 0 Å². The highest BCUT2D eigenvalue weighted by atomic mass is 32.2. The van der Waals surface area contributed by atoms with Crippen LogP contribution in [0.3, 0.4) is 0 Å². The summed E-state index contributed by atoms with van der Waals surface area (Å²) in [5, 5.41) is 0.679. The molecule has 17 heavy (non-hydrogen) atoms. The van der Waals surface area contributed by atoms with E-state index in [9.17, 15) is 8.42 Å². The molecule has 0 spiro atoms. The van der Waals surface area contributed by atoms with Crippen molar-refractivity contribution in [3.05, 3.63) is 0 Å². The summed E-state index contributed by atoms with van der Waals surface area (Å²) in [5.74, 6) is 0.117. The molecular formula is C9H16N4O2S2. The predicted molar refractivity (Wildman–Crippen MR) is 69.3 cm³/mol. The number of hydrogen-bond donors (Lipinski definition) is 1. The average molecular weight is 276 g/mol. The molecule has 2 N–H and O–H groups in total. The van der Waals surface area contributed by atoms with E-state index in [4.69, 9.17) is 5.73 Å². The number of nitrogens with zero attached hydrogens (tertiary/aromatic N) is 3. The number of nitrogens with two attached hydrogens (primary N) is 1. The average Bonchev–Trinajstić information content (AvgIpc) is 2.61. The lowest BCUT2D eigenvalue weighted by atomic mass is 10.3. The van der Waals surface area contributed by atoms with Gasteiger partial charge < -0.3 is 15.5 Å². The highest BCUT2D eigenvalue weighted by molar-refractivity contribution is 7.91. The van der Waals surface area contributed by atoms with E-state index in [2.05, 4.69) is 16.3 Å². The Labute approximate surface area is 105 Å². The van der Waals surface area contributed by atoms with E-state index in [1.54, 1.807) is 0 Å². The van der Waals surface area contributed by atoms with Crippen molar-refractivity contribution in [2.75, 3.05) is 50.1 Å². The van der Waals surface area contributed by atoms with Crippen LogP contribution in [0.25, 0.3) is 0 Å². The second-order valence-electron chi connectivity index (χ2n) is 4.26. The van der Waals surface area contributed by atoms with E-state index in [1.165, 1.54) is 6.26 Å². The van der Waals surface area contributed by atoms with Gasteiger partial charge in [0.1, 0.15) is 9.90 Å². The largest absolute Gasteiger partial charge is 0.382 e. The van der Waals surface area contributed by atoms with E-state index in [0.29, 0.717) is 5.00 Å². The summed E-state index contributed by atoms with van der Waals surface area (Å²) in [5.41, 5.74) is 5.64. The Morgan fingerprint density at radius 3 is 2.41 bits per heavy atom. The van der Waals surface area contributed by atoms with E-state index in [-0.39, 0.29) is 10.7 Å². The van der Waals surface area contributed by atoms with Gasteiger partial charge in [0.25, 0.3) is 0 Å². The van der Waals surface area contributed by atoms with Gasteiger partial charge in [-0.3, -0.25) is 0 Å². The van der Waals surface area contributed by atoms with E-state index in [1.807, 2.05) is 4.90 Å². The van der Waals surface area contributed by atoms with Crippen molar-refractivity contribution in [3.63, 3.8) is 0 Å². The molecule has 1 aliphatic rings. The van der Waals surface area contributed by atoms with Crippen molar-refractivity contribution in [2.45, 2.75) is 4.90 Å². The summed E-state index contributed by atoms with van der Waals surface area (Å²) in [6.07, 6.45) is 1.17. The topological polar surface area (TPSA) is 79.5 Å². The number of hydrogen-bond acceptors (Lipinski definition) is 7.